The predicted octanol–water partition coefficient (Wildman–Crippen LogP) is 3.35. The number of hydrogen-bond donors (Lipinski definition) is 2. The third kappa shape index (κ3) is 7.32. The number of aliphatic imine (C=N–C) groups is 1. The van der Waals surface area contributed by atoms with Gasteiger partial charge in [-0.1, -0.05) is 30.3 Å². The van der Waals surface area contributed by atoms with E-state index >= 15 is 0 Å². The van der Waals surface area contributed by atoms with Crippen molar-refractivity contribution in [2.24, 2.45) is 4.99 Å². The number of morpholine rings is 1. The Kier molecular flexibility index (Phi) is 9.07. The summed E-state index contributed by atoms with van der Waals surface area (Å²) in [6.07, 6.45) is 0.888. The maximum Gasteiger partial charge on any atom is 0.229 e. The van der Waals surface area contributed by atoms with Gasteiger partial charge in [-0.15, -0.1) is 24.0 Å². The molecule has 2 aromatic carbocycles. The zero-order valence-corrected chi connectivity index (χ0v) is 20.9. The highest BCUT2D eigenvalue weighted by atomic mass is 127. The first kappa shape index (κ1) is 25.3. The lowest BCUT2D eigenvalue weighted by Gasteiger charge is -2.38. The number of nitrogens with one attached hydrogen (secondary N) is 2. The molecule has 1 aliphatic heterocycles. The molecular weight excluding hydrogens is 534 g/mol. The third-order valence-corrected chi connectivity index (χ3v) is 5.35. The molecule has 1 saturated heterocycles. The Bertz CT molecular complexity index is 1000. The lowest BCUT2D eigenvalue weighted by molar-refractivity contribution is -0.0605. The monoisotopic (exact) mass is 562 g/mol. The van der Waals surface area contributed by atoms with Crippen molar-refractivity contribution in [2.45, 2.75) is 25.7 Å². The van der Waals surface area contributed by atoms with Crippen LogP contribution in [0.1, 0.15) is 24.2 Å². The van der Waals surface area contributed by atoms with E-state index in [0.717, 1.165) is 17.4 Å². The van der Waals surface area contributed by atoms with Gasteiger partial charge in [0.15, 0.2) is 5.96 Å². The standard InChI is InChI=1S/C21H27FN4O3S.HI/c1-15-13-26(14-20(29-15)16-8-10-18(22)11-9-16)21(23-2)24-12-17-6-4-5-7-19(17)25-30(3,27)28;/h4-11,15,20,25H,12-14H2,1-3H3,(H,23,24);1H. The maximum atomic E-state index is 13.3. The summed E-state index contributed by atoms with van der Waals surface area (Å²) in [4.78, 5) is 6.48. The van der Waals surface area contributed by atoms with Crippen LogP contribution >= 0.6 is 24.0 Å². The molecule has 0 aliphatic carbocycles. The highest BCUT2D eigenvalue weighted by Gasteiger charge is 2.28. The van der Waals surface area contributed by atoms with E-state index < -0.39 is 10.0 Å². The van der Waals surface area contributed by atoms with Crippen molar-refractivity contribution in [3.63, 3.8) is 0 Å². The zero-order chi connectivity index (χ0) is 21.7. The summed E-state index contributed by atoms with van der Waals surface area (Å²) >= 11 is 0. The molecule has 0 amide bonds. The Hall–Kier alpha value is -1.92. The van der Waals surface area contributed by atoms with Crippen LogP contribution in [0.15, 0.2) is 53.5 Å². The molecule has 0 radical (unpaired) electrons. The molecule has 1 aliphatic rings. The number of benzene rings is 2. The molecule has 1 heterocycles. The second-order valence-corrected chi connectivity index (χ2v) is 9.07. The van der Waals surface area contributed by atoms with E-state index in [2.05, 4.69) is 19.9 Å². The summed E-state index contributed by atoms with van der Waals surface area (Å²) in [6.45, 7) is 3.61. The van der Waals surface area contributed by atoms with Crippen LogP contribution in [0.4, 0.5) is 10.1 Å². The lowest BCUT2D eigenvalue weighted by Crippen LogP contribution is -2.50. The minimum absolute atomic E-state index is 0. The average Bonchev–Trinajstić information content (AvgIpc) is 2.68. The van der Waals surface area contributed by atoms with Gasteiger partial charge in [0.05, 0.1) is 24.6 Å². The summed E-state index contributed by atoms with van der Waals surface area (Å²) in [7, 11) is -1.67. The first-order valence-corrected chi connectivity index (χ1v) is 11.6. The van der Waals surface area contributed by atoms with E-state index in [-0.39, 0.29) is 42.0 Å². The fraction of sp³-hybridized carbons (Fsp3) is 0.381. The van der Waals surface area contributed by atoms with Crippen LogP contribution in [-0.2, 0) is 21.3 Å². The van der Waals surface area contributed by atoms with Crippen LogP contribution in [0.25, 0.3) is 0 Å². The minimum atomic E-state index is -3.37. The van der Waals surface area contributed by atoms with Crippen LogP contribution in [0.3, 0.4) is 0 Å². The molecule has 0 spiro atoms. The number of nitrogens with zero attached hydrogens (tertiary/aromatic N) is 2. The van der Waals surface area contributed by atoms with Crippen LogP contribution in [-0.4, -0.2) is 51.8 Å². The molecule has 10 heteroatoms. The van der Waals surface area contributed by atoms with Crippen molar-refractivity contribution in [2.75, 3.05) is 31.1 Å². The van der Waals surface area contributed by atoms with Crippen molar-refractivity contribution in [3.05, 3.63) is 65.5 Å². The molecule has 1 fully saturated rings. The largest absolute Gasteiger partial charge is 0.367 e. The van der Waals surface area contributed by atoms with Crippen molar-refractivity contribution in [1.29, 1.82) is 0 Å². The van der Waals surface area contributed by atoms with Crippen LogP contribution in [0.5, 0.6) is 0 Å². The molecule has 170 valence electrons. The second kappa shape index (κ2) is 11.1. The van der Waals surface area contributed by atoms with Gasteiger partial charge in [0.1, 0.15) is 11.9 Å². The van der Waals surface area contributed by atoms with Gasteiger partial charge in [-0.3, -0.25) is 9.71 Å². The van der Waals surface area contributed by atoms with E-state index in [9.17, 15) is 12.8 Å². The highest BCUT2D eigenvalue weighted by molar-refractivity contribution is 14.0. The molecule has 0 saturated carbocycles. The smallest absolute Gasteiger partial charge is 0.229 e. The van der Waals surface area contributed by atoms with Crippen molar-refractivity contribution < 1.29 is 17.5 Å². The molecule has 2 unspecified atom stereocenters. The highest BCUT2D eigenvalue weighted by Crippen LogP contribution is 2.25. The summed E-state index contributed by atoms with van der Waals surface area (Å²) in [5, 5.41) is 3.31. The van der Waals surface area contributed by atoms with Gasteiger partial charge in [-0.2, -0.15) is 0 Å². The van der Waals surface area contributed by atoms with E-state index in [1.54, 1.807) is 31.3 Å². The third-order valence-electron chi connectivity index (χ3n) is 4.76. The van der Waals surface area contributed by atoms with Crippen LogP contribution in [0, 0.1) is 5.82 Å². The molecule has 0 aromatic heterocycles. The maximum absolute atomic E-state index is 13.3. The number of sulfonamides is 1. The number of hydrogen-bond acceptors (Lipinski definition) is 4. The SMILES string of the molecule is CN=C(NCc1ccccc1NS(C)(=O)=O)N1CC(C)OC(c2ccc(F)cc2)C1.I. The molecule has 0 bridgehead atoms. The van der Waals surface area contributed by atoms with Gasteiger partial charge in [0, 0.05) is 20.1 Å². The number of ether oxygens (including phenoxy) is 1. The van der Waals surface area contributed by atoms with Gasteiger partial charge < -0.3 is 15.0 Å². The minimum Gasteiger partial charge on any atom is -0.367 e. The Morgan fingerprint density at radius 2 is 1.87 bits per heavy atom. The molecule has 7 nitrogen and oxygen atoms in total. The average molecular weight is 562 g/mol. The Labute approximate surface area is 200 Å². The number of anilines is 1. The first-order valence-electron chi connectivity index (χ1n) is 9.67. The fourth-order valence-corrected chi connectivity index (χ4v) is 4.06. The Morgan fingerprint density at radius 3 is 2.52 bits per heavy atom. The number of rotatable bonds is 5. The fourth-order valence-electron chi connectivity index (χ4n) is 3.47. The molecule has 2 N–H and O–H groups in total. The van der Waals surface area contributed by atoms with E-state index in [1.807, 2.05) is 19.1 Å². The molecule has 31 heavy (non-hydrogen) atoms. The quantitative estimate of drug-likeness (QED) is 0.332. The molecule has 2 aromatic rings. The van der Waals surface area contributed by atoms with E-state index in [0.29, 0.717) is 31.3 Å². The topological polar surface area (TPSA) is 83.0 Å². The number of halogens is 2. The summed E-state index contributed by atoms with van der Waals surface area (Å²) in [5.41, 5.74) is 2.24. The van der Waals surface area contributed by atoms with Gasteiger partial charge in [-0.05, 0) is 36.2 Å². The van der Waals surface area contributed by atoms with Crippen LogP contribution in [0.2, 0.25) is 0 Å². The van der Waals surface area contributed by atoms with Gasteiger partial charge in [0.2, 0.25) is 10.0 Å². The van der Waals surface area contributed by atoms with Gasteiger partial charge >= 0.3 is 0 Å². The van der Waals surface area contributed by atoms with Gasteiger partial charge in [0.25, 0.3) is 0 Å². The second-order valence-electron chi connectivity index (χ2n) is 7.32. The Balaban J connectivity index is 0.00000341. The normalized spacial score (nSPS) is 19.5. The van der Waals surface area contributed by atoms with E-state index in [4.69, 9.17) is 4.74 Å². The number of guanidine groups is 1. The summed E-state index contributed by atoms with van der Waals surface area (Å²) in [5.74, 6) is 0.407. The predicted molar refractivity (Wildman–Crippen MR) is 132 cm³/mol. The van der Waals surface area contributed by atoms with E-state index in [1.165, 1.54) is 12.1 Å². The summed E-state index contributed by atoms with van der Waals surface area (Å²) < 4.78 is 45.1. The van der Waals surface area contributed by atoms with Gasteiger partial charge in [-0.25, -0.2) is 12.8 Å². The van der Waals surface area contributed by atoms with Crippen molar-refractivity contribution in [1.82, 2.24) is 10.2 Å². The van der Waals surface area contributed by atoms with Crippen molar-refractivity contribution in [3.8, 4) is 0 Å². The first-order chi connectivity index (χ1) is 14.2. The van der Waals surface area contributed by atoms with Crippen LogP contribution < -0.4 is 10.0 Å². The summed E-state index contributed by atoms with van der Waals surface area (Å²) in [6, 6.07) is 13.6. The number of para-hydroxylation sites is 1. The molecule has 3 rings (SSSR count). The zero-order valence-electron chi connectivity index (χ0n) is 17.7. The molecule has 2 atom stereocenters. The Morgan fingerprint density at radius 1 is 1.19 bits per heavy atom. The lowest BCUT2D eigenvalue weighted by atomic mass is 10.1. The van der Waals surface area contributed by atoms with Crippen molar-refractivity contribution >= 4 is 45.6 Å². The molecular formula is C21H28FIN4O3S.